The van der Waals surface area contributed by atoms with Crippen LogP contribution in [-0.4, -0.2) is 57.3 Å². The molecular weight excluding hydrogens is 300 g/mol. The predicted molar refractivity (Wildman–Crippen MR) is 76.6 cm³/mol. The molecule has 0 bridgehead atoms. The Morgan fingerprint density at radius 3 is 1.23 bits per heavy atom. The van der Waals surface area contributed by atoms with Gasteiger partial charge in [-0.1, -0.05) is 0 Å². The topological polar surface area (TPSA) is 233 Å². The Hall–Kier alpha value is -2.24. The van der Waals surface area contributed by atoms with Gasteiger partial charge in [0.2, 0.25) is 5.91 Å². The highest BCUT2D eigenvalue weighted by Crippen LogP contribution is 1.92. The number of amides is 1. The van der Waals surface area contributed by atoms with Crippen LogP contribution in [0.2, 0.25) is 0 Å². The number of primary amides is 1. The van der Waals surface area contributed by atoms with E-state index < -0.39 is 41.9 Å². The van der Waals surface area contributed by atoms with E-state index in [0.717, 1.165) is 0 Å². The lowest BCUT2D eigenvalue weighted by atomic mass is 10.2. The summed E-state index contributed by atoms with van der Waals surface area (Å²) in [5.74, 6) is -3.57. The van der Waals surface area contributed by atoms with Gasteiger partial charge in [0.15, 0.2) is 0 Å². The maximum Gasteiger partial charge on any atom is 0.320 e. The first kappa shape index (κ1) is 24.8. The van der Waals surface area contributed by atoms with Crippen molar-refractivity contribution in [2.24, 2.45) is 22.9 Å². The van der Waals surface area contributed by atoms with Crippen LogP contribution >= 0.6 is 0 Å². The smallest absolute Gasteiger partial charge is 0.320 e. The quantitative estimate of drug-likeness (QED) is 0.271. The number of carboxylic acids is 3. The van der Waals surface area contributed by atoms with Gasteiger partial charge < -0.3 is 38.3 Å². The van der Waals surface area contributed by atoms with E-state index in [4.69, 9.17) is 38.3 Å². The molecule has 0 rings (SSSR count). The molecule has 1 amide bonds. The van der Waals surface area contributed by atoms with Crippen LogP contribution in [0.1, 0.15) is 26.7 Å². The first-order chi connectivity index (χ1) is 9.82. The molecule has 0 heterocycles. The van der Waals surface area contributed by atoms with Gasteiger partial charge in [-0.2, -0.15) is 0 Å². The number of hydrogen-bond acceptors (Lipinski definition) is 7. The van der Waals surface area contributed by atoms with E-state index in [1.165, 1.54) is 13.8 Å². The fourth-order valence-electron chi connectivity index (χ4n) is 0.421. The summed E-state index contributed by atoms with van der Waals surface area (Å²) in [7, 11) is 0. The molecule has 0 aromatic rings. The fraction of sp³-hybridized carbons (Fsp3) is 0.636. The molecule has 0 aliphatic carbocycles. The molecule has 0 radical (unpaired) electrons. The number of hydrogen-bond donors (Lipinski definition) is 7. The minimum Gasteiger partial charge on any atom is -0.480 e. The van der Waals surface area contributed by atoms with E-state index in [0.29, 0.717) is 0 Å². The van der Waals surface area contributed by atoms with E-state index in [9.17, 15) is 19.2 Å². The van der Waals surface area contributed by atoms with Gasteiger partial charge >= 0.3 is 17.9 Å². The first-order valence-corrected chi connectivity index (χ1v) is 6.06. The number of aliphatic carboxylic acids is 3. The van der Waals surface area contributed by atoms with Crippen LogP contribution in [-0.2, 0) is 19.2 Å². The van der Waals surface area contributed by atoms with Crippen molar-refractivity contribution in [3.63, 3.8) is 0 Å². The van der Waals surface area contributed by atoms with Gasteiger partial charge in [-0.25, -0.2) is 0 Å². The van der Waals surface area contributed by atoms with Crippen LogP contribution in [0.3, 0.4) is 0 Å². The van der Waals surface area contributed by atoms with Crippen LogP contribution < -0.4 is 22.9 Å². The van der Waals surface area contributed by atoms with E-state index in [-0.39, 0.29) is 12.8 Å². The third kappa shape index (κ3) is 22.9. The molecule has 130 valence electrons. The van der Waals surface area contributed by atoms with Gasteiger partial charge in [0.1, 0.15) is 18.1 Å². The summed E-state index contributed by atoms with van der Waals surface area (Å²) >= 11 is 0. The summed E-state index contributed by atoms with van der Waals surface area (Å²) in [6, 6.07) is -2.44. The second kappa shape index (κ2) is 13.7. The van der Waals surface area contributed by atoms with Crippen molar-refractivity contribution < 1.29 is 34.5 Å². The normalized spacial score (nSPS) is 13.1. The fourth-order valence-corrected chi connectivity index (χ4v) is 0.421. The van der Waals surface area contributed by atoms with E-state index in [2.05, 4.69) is 0 Å². The zero-order chi connectivity index (χ0) is 18.5. The standard InChI is InChI=1S/C5H10N2O3.2C3H7NO2/c6-3(5(9)10)1-2-4(7)8;2*1-2(4)3(5)6/h3H,1-2,6H2,(H2,7,8)(H,9,10);2*2H,4H2,1H3,(H,5,6). The monoisotopic (exact) mass is 324 g/mol. The Morgan fingerprint density at radius 1 is 0.818 bits per heavy atom. The molecule has 3 atom stereocenters. The number of carboxylic acid groups (broad SMARTS) is 3. The highest BCUT2D eigenvalue weighted by Gasteiger charge is 2.11. The molecule has 11 heteroatoms. The Morgan fingerprint density at radius 2 is 1.09 bits per heavy atom. The Balaban J connectivity index is -0.000000261. The maximum absolute atomic E-state index is 10.1. The maximum atomic E-state index is 10.1. The molecule has 22 heavy (non-hydrogen) atoms. The summed E-state index contributed by atoms with van der Waals surface area (Å²) in [4.78, 5) is 39.3. The number of carbonyl (C=O) groups is 4. The highest BCUT2D eigenvalue weighted by atomic mass is 16.4. The molecule has 0 aliphatic rings. The van der Waals surface area contributed by atoms with E-state index >= 15 is 0 Å². The second-order valence-corrected chi connectivity index (χ2v) is 4.20. The lowest BCUT2D eigenvalue weighted by Gasteiger charge is -2.01. The van der Waals surface area contributed by atoms with Gasteiger partial charge in [0, 0.05) is 6.42 Å². The molecule has 0 aromatic heterocycles. The molecule has 11 nitrogen and oxygen atoms in total. The van der Waals surface area contributed by atoms with Crippen LogP contribution in [0.15, 0.2) is 0 Å². The van der Waals surface area contributed by atoms with Crippen molar-refractivity contribution in [2.75, 3.05) is 0 Å². The van der Waals surface area contributed by atoms with Crippen molar-refractivity contribution in [3.05, 3.63) is 0 Å². The lowest BCUT2D eigenvalue weighted by molar-refractivity contribution is -0.139. The molecule has 0 aromatic carbocycles. The van der Waals surface area contributed by atoms with Gasteiger partial charge in [-0.05, 0) is 20.3 Å². The molecule has 0 saturated carbocycles. The summed E-state index contributed by atoms with van der Waals surface area (Å²) in [5, 5.41) is 23.9. The second-order valence-electron chi connectivity index (χ2n) is 4.20. The van der Waals surface area contributed by atoms with Crippen LogP contribution in [0.4, 0.5) is 0 Å². The summed E-state index contributed by atoms with van der Waals surface area (Å²) in [6.45, 7) is 2.84. The van der Waals surface area contributed by atoms with Crippen molar-refractivity contribution in [3.8, 4) is 0 Å². The molecule has 0 spiro atoms. The molecule has 0 aliphatic heterocycles. The molecule has 0 fully saturated rings. The van der Waals surface area contributed by atoms with E-state index in [1.54, 1.807) is 0 Å². The summed E-state index contributed by atoms with van der Waals surface area (Å²) < 4.78 is 0. The lowest BCUT2D eigenvalue weighted by Crippen LogP contribution is -2.31. The van der Waals surface area contributed by atoms with Crippen molar-refractivity contribution in [1.82, 2.24) is 0 Å². The molecule has 3 unspecified atom stereocenters. The summed E-state index contributed by atoms with van der Waals surface area (Å²) in [5.41, 5.74) is 19.5. The number of carbonyl (C=O) groups excluding carboxylic acids is 1. The molecule has 0 saturated heterocycles. The Labute approximate surface area is 127 Å². The van der Waals surface area contributed by atoms with Crippen LogP contribution in [0.25, 0.3) is 0 Å². The number of rotatable bonds is 6. The Kier molecular flexibility index (Phi) is 15.5. The average molecular weight is 324 g/mol. The zero-order valence-corrected chi connectivity index (χ0v) is 12.4. The van der Waals surface area contributed by atoms with E-state index in [1.807, 2.05) is 0 Å². The molecular formula is C11H24N4O7. The average Bonchev–Trinajstić information content (AvgIpc) is 2.36. The van der Waals surface area contributed by atoms with Gasteiger partial charge in [-0.15, -0.1) is 0 Å². The van der Waals surface area contributed by atoms with Gasteiger partial charge in [-0.3, -0.25) is 19.2 Å². The SMILES string of the molecule is CC(N)C(=O)O.CC(N)C(=O)O.NC(=O)CCC(N)C(=O)O. The molecule has 11 N–H and O–H groups in total. The van der Waals surface area contributed by atoms with Crippen molar-refractivity contribution in [2.45, 2.75) is 44.8 Å². The zero-order valence-electron chi connectivity index (χ0n) is 12.4. The summed E-state index contributed by atoms with van der Waals surface area (Å²) in [6.07, 6.45) is 0.123. The highest BCUT2D eigenvalue weighted by molar-refractivity contribution is 5.77. The van der Waals surface area contributed by atoms with Crippen molar-refractivity contribution in [1.29, 1.82) is 0 Å². The number of nitrogens with two attached hydrogens (primary N) is 4. The van der Waals surface area contributed by atoms with Crippen LogP contribution in [0, 0.1) is 0 Å². The largest absolute Gasteiger partial charge is 0.480 e. The van der Waals surface area contributed by atoms with Crippen molar-refractivity contribution >= 4 is 23.8 Å². The Bertz CT molecular complexity index is 353. The van der Waals surface area contributed by atoms with Gasteiger partial charge in [0.25, 0.3) is 0 Å². The van der Waals surface area contributed by atoms with Gasteiger partial charge in [0.05, 0.1) is 0 Å². The first-order valence-electron chi connectivity index (χ1n) is 6.06. The minimum atomic E-state index is -1.11. The third-order valence-electron chi connectivity index (χ3n) is 1.80. The van der Waals surface area contributed by atoms with Crippen LogP contribution in [0.5, 0.6) is 0 Å². The minimum absolute atomic E-state index is 0.0213. The third-order valence-corrected chi connectivity index (χ3v) is 1.80. The predicted octanol–water partition coefficient (Wildman–Crippen LogP) is -2.50.